The van der Waals surface area contributed by atoms with Crippen LogP contribution in [0.3, 0.4) is 0 Å². The van der Waals surface area contributed by atoms with Gasteiger partial charge in [-0.1, -0.05) is 0 Å². The number of imidazole rings is 1. The molecule has 7 heteroatoms. The molecule has 1 aliphatic rings. The molecule has 7 nitrogen and oxygen atoms in total. The summed E-state index contributed by atoms with van der Waals surface area (Å²) in [5, 5.41) is 0. The van der Waals surface area contributed by atoms with Crippen LogP contribution in [0.15, 0.2) is 48.8 Å². The van der Waals surface area contributed by atoms with E-state index in [1.54, 1.807) is 34.9 Å². The number of aryl methyl sites for hydroxylation is 1. The first-order valence-electron chi connectivity index (χ1n) is 7.82. The van der Waals surface area contributed by atoms with Gasteiger partial charge in [0.05, 0.1) is 6.54 Å². The Kier molecular flexibility index (Phi) is 3.61. The van der Waals surface area contributed by atoms with Gasteiger partial charge in [0.25, 0.3) is 0 Å². The Labute approximate surface area is 143 Å². The maximum Gasteiger partial charge on any atom is 0.414 e. The van der Waals surface area contributed by atoms with Crippen molar-refractivity contribution in [1.82, 2.24) is 9.38 Å². The number of hydrogen-bond donors (Lipinski definition) is 0. The number of rotatable bonds is 3. The van der Waals surface area contributed by atoms with E-state index in [-0.39, 0.29) is 11.8 Å². The van der Waals surface area contributed by atoms with Crippen molar-refractivity contribution < 1.29 is 19.1 Å². The smallest absolute Gasteiger partial charge is 0.414 e. The number of cyclic esters (lactones) is 1. The lowest BCUT2D eigenvalue weighted by Crippen LogP contribution is -2.23. The highest BCUT2D eigenvalue weighted by Gasteiger charge is 2.23. The molecule has 4 rings (SSSR count). The lowest BCUT2D eigenvalue weighted by atomic mass is 10.3. The van der Waals surface area contributed by atoms with Crippen LogP contribution in [-0.2, 0) is 4.74 Å². The van der Waals surface area contributed by atoms with E-state index < -0.39 is 5.97 Å². The summed E-state index contributed by atoms with van der Waals surface area (Å²) >= 11 is 0. The summed E-state index contributed by atoms with van der Waals surface area (Å²) < 4.78 is 12.0. The third kappa shape index (κ3) is 2.91. The van der Waals surface area contributed by atoms with Gasteiger partial charge in [0, 0.05) is 18.1 Å². The van der Waals surface area contributed by atoms with E-state index in [9.17, 15) is 9.59 Å². The molecule has 3 heterocycles. The minimum Gasteiger partial charge on any atom is -0.447 e. The SMILES string of the molecule is Cc1ccn2cc(C(=O)Oc3ccc(N4CCOC4=O)cc3)nc2c1. The molecule has 1 aromatic carbocycles. The molecule has 25 heavy (non-hydrogen) atoms. The van der Waals surface area contributed by atoms with Crippen molar-refractivity contribution in [2.75, 3.05) is 18.1 Å². The zero-order chi connectivity index (χ0) is 17.4. The maximum absolute atomic E-state index is 12.3. The van der Waals surface area contributed by atoms with Crippen molar-refractivity contribution in [3.8, 4) is 5.75 Å². The van der Waals surface area contributed by atoms with Crippen LogP contribution in [0, 0.1) is 6.92 Å². The van der Waals surface area contributed by atoms with Gasteiger partial charge in [0.1, 0.15) is 18.0 Å². The molecular formula is C18H15N3O4. The number of fused-ring (bicyclic) bond motifs is 1. The van der Waals surface area contributed by atoms with Gasteiger partial charge >= 0.3 is 12.1 Å². The summed E-state index contributed by atoms with van der Waals surface area (Å²) in [4.78, 5) is 29.6. The van der Waals surface area contributed by atoms with E-state index >= 15 is 0 Å². The molecule has 1 amide bonds. The van der Waals surface area contributed by atoms with Gasteiger partial charge in [-0.2, -0.15) is 0 Å². The molecule has 1 saturated heterocycles. The fourth-order valence-corrected chi connectivity index (χ4v) is 2.66. The van der Waals surface area contributed by atoms with Crippen LogP contribution in [-0.4, -0.2) is 34.6 Å². The molecule has 0 aliphatic carbocycles. The topological polar surface area (TPSA) is 73.1 Å². The first-order chi connectivity index (χ1) is 12.1. The molecule has 0 saturated carbocycles. The van der Waals surface area contributed by atoms with Crippen LogP contribution in [0.1, 0.15) is 16.1 Å². The van der Waals surface area contributed by atoms with Crippen molar-refractivity contribution in [2.45, 2.75) is 6.92 Å². The molecule has 0 radical (unpaired) electrons. The van der Waals surface area contributed by atoms with Gasteiger partial charge < -0.3 is 13.9 Å². The summed E-state index contributed by atoms with van der Waals surface area (Å²) in [5.41, 5.74) is 2.69. The van der Waals surface area contributed by atoms with Gasteiger partial charge in [0.15, 0.2) is 5.69 Å². The zero-order valence-electron chi connectivity index (χ0n) is 13.5. The second kappa shape index (κ2) is 5.94. The van der Waals surface area contributed by atoms with E-state index in [2.05, 4.69) is 4.98 Å². The van der Waals surface area contributed by atoms with Crippen molar-refractivity contribution in [3.63, 3.8) is 0 Å². The van der Waals surface area contributed by atoms with Crippen LogP contribution in [0.25, 0.3) is 5.65 Å². The van der Waals surface area contributed by atoms with Crippen molar-refractivity contribution in [1.29, 1.82) is 0 Å². The number of benzene rings is 1. The van der Waals surface area contributed by atoms with E-state index in [0.29, 0.717) is 30.2 Å². The lowest BCUT2D eigenvalue weighted by Gasteiger charge is -2.12. The maximum atomic E-state index is 12.3. The van der Waals surface area contributed by atoms with Gasteiger partial charge in [-0.3, -0.25) is 4.90 Å². The fraction of sp³-hybridized carbons (Fsp3) is 0.167. The molecule has 0 bridgehead atoms. The van der Waals surface area contributed by atoms with Gasteiger partial charge in [-0.15, -0.1) is 0 Å². The largest absolute Gasteiger partial charge is 0.447 e. The van der Waals surface area contributed by atoms with Gasteiger partial charge in [-0.05, 0) is 48.9 Å². The molecule has 3 aromatic rings. The van der Waals surface area contributed by atoms with Crippen molar-refractivity contribution >= 4 is 23.4 Å². The predicted octanol–water partition coefficient (Wildman–Crippen LogP) is 2.82. The highest BCUT2D eigenvalue weighted by Crippen LogP contribution is 2.22. The fourth-order valence-electron chi connectivity index (χ4n) is 2.66. The Bertz CT molecular complexity index is 962. The average Bonchev–Trinajstić information content (AvgIpc) is 3.21. The summed E-state index contributed by atoms with van der Waals surface area (Å²) in [6.07, 6.45) is 3.11. The second-order valence-corrected chi connectivity index (χ2v) is 5.75. The minimum atomic E-state index is -0.533. The van der Waals surface area contributed by atoms with Crippen LogP contribution < -0.4 is 9.64 Å². The Balaban J connectivity index is 1.50. The summed E-state index contributed by atoms with van der Waals surface area (Å²) in [7, 11) is 0. The van der Waals surface area contributed by atoms with E-state index in [0.717, 1.165) is 5.56 Å². The van der Waals surface area contributed by atoms with Gasteiger partial charge in [0.2, 0.25) is 0 Å². The number of carbonyl (C=O) groups excluding carboxylic acids is 2. The molecule has 2 aromatic heterocycles. The molecule has 1 fully saturated rings. The standard InChI is InChI=1S/C18H15N3O4/c1-12-6-7-20-11-15(19-16(20)10-12)17(22)25-14-4-2-13(3-5-14)21-8-9-24-18(21)23/h2-7,10-11H,8-9H2,1H3. The summed E-state index contributed by atoms with van der Waals surface area (Å²) in [5.74, 6) is -0.149. The minimum absolute atomic E-state index is 0.234. The molecule has 0 N–H and O–H groups in total. The molecule has 0 unspecified atom stereocenters. The molecule has 126 valence electrons. The molecule has 1 aliphatic heterocycles. The number of hydrogen-bond acceptors (Lipinski definition) is 5. The van der Waals surface area contributed by atoms with Crippen LogP contribution in [0.2, 0.25) is 0 Å². The number of amides is 1. The first kappa shape index (κ1) is 15.2. The number of aromatic nitrogens is 2. The number of nitrogens with zero attached hydrogens (tertiary/aromatic N) is 3. The molecule has 0 atom stereocenters. The third-order valence-electron chi connectivity index (χ3n) is 3.94. The third-order valence-corrected chi connectivity index (χ3v) is 3.94. The monoisotopic (exact) mass is 337 g/mol. The van der Waals surface area contributed by atoms with Crippen molar-refractivity contribution in [3.05, 3.63) is 60.0 Å². The summed E-state index contributed by atoms with van der Waals surface area (Å²) in [6.45, 7) is 2.85. The Morgan fingerprint density at radius 1 is 1.24 bits per heavy atom. The number of anilines is 1. The second-order valence-electron chi connectivity index (χ2n) is 5.75. The van der Waals surface area contributed by atoms with E-state index in [1.165, 1.54) is 4.90 Å². The van der Waals surface area contributed by atoms with E-state index in [4.69, 9.17) is 9.47 Å². The van der Waals surface area contributed by atoms with E-state index in [1.807, 2.05) is 25.3 Å². The first-order valence-corrected chi connectivity index (χ1v) is 7.82. The van der Waals surface area contributed by atoms with Crippen LogP contribution in [0.4, 0.5) is 10.5 Å². The van der Waals surface area contributed by atoms with Crippen molar-refractivity contribution in [2.24, 2.45) is 0 Å². The molecule has 0 spiro atoms. The number of esters is 1. The van der Waals surface area contributed by atoms with Gasteiger partial charge in [-0.25, -0.2) is 14.6 Å². The van der Waals surface area contributed by atoms with Crippen LogP contribution >= 0.6 is 0 Å². The average molecular weight is 337 g/mol. The number of carbonyl (C=O) groups is 2. The molecular weight excluding hydrogens is 322 g/mol. The van der Waals surface area contributed by atoms with Crippen LogP contribution in [0.5, 0.6) is 5.75 Å². The Hall–Kier alpha value is -3.35. The zero-order valence-corrected chi connectivity index (χ0v) is 13.5. The highest BCUT2D eigenvalue weighted by atomic mass is 16.6. The highest BCUT2D eigenvalue weighted by molar-refractivity contribution is 5.91. The summed E-state index contributed by atoms with van der Waals surface area (Å²) in [6, 6.07) is 10.5. The number of ether oxygens (including phenoxy) is 2. The predicted molar refractivity (Wildman–Crippen MR) is 90.0 cm³/mol. The Morgan fingerprint density at radius 3 is 2.76 bits per heavy atom. The number of pyridine rings is 1. The Morgan fingerprint density at radius 2 is 2.04 bits per heavy atom. The normalized spacial score (nSPS) is 14.0. The quantitative estimate of drug-likeness (QED) is 0.543. The lowest BCUT2D eigenvalue weighted by molar-refractivity contribution is 0.0729.